The summed E-state index contributed by atoms with van der Waals surface area (Å²) in [6.07, 6.45) is 0. The minimum absolute atomic E-state index is 0.241. The summed E-state index contributed by atoms with van der Waals surface area (Å²) in [6.45, 7) is 6.64. The van der Waals surface area contributed by atoms with Gasteiger partial charge in [0, 0.05) is 26.5 Å². The standard InChI is InChI=1S/C16H18N4O3S/c1-8-6-7-12-13(9(8)2)19(5)14(23)16(12)20(11(4)22)18-15(24-16)17-10(3)21/h6-7H,1-5H3,(H,17,18,21)/t16-/m1/s1. The molecule has 1 atom stereocenters. The van der Waals surface area contributed by atoms with Crippen LogP contribution in [0.25, 0.3) is 0 Å². The molecule has 2 heterocycles. The van der Waals surface area contributed by atoms with Crippen LogP contribution in [0.2, 0.25) is 0 Å². The highest BCUT2D eigenvalue weighted by molar-refractivity contribution is 8.15. The number of benzene rings is 1. The van der Waals surface area contributed by atoms with Gasteiger partial charge >= 0.3 is 0 Å². The van der Waals surface area contributed by atoms with Crippen molar-refractivity contribution in [2.45, 2.75) is 32.6 Å². The van der Waals surface area contributed by atoms with Gasteiger partial charge in [-0.3, -0.25) is 14.4 Å². The van der Waals surface area contributed by atoms with E-state index in [9.17, 15) is 14.4 Å². The molecule has 0 fully saturated rings. The average Bonchev–Trinajstić information content (AvgIpc) is 2.96. The quantitative estimate of drug-likeness (QED) is 0.770. The first-order valence-electron chi connectivity index (χ1n) is 7.45. The van der Waals surface area contributed by atoms with Crippen LogP contribution in [0.3, 0.4) is 0 Å². The molecule has 3 amide bonds. The van der Waals surface area contributed by atoms with Crippen LogP contribution in [0.5, 0.6) is 0 Å². The number of aryl methyl sites for hydroxylation is 1. The molecule has 2 aliphatic rings. The minimum atomic E-state index is -1.30. The summed E-state index contributed by atoms with van der Waals surface area (Å²) in [5.74, 6) is -0.924. The van der Waals surface area contributed by atoms with Crippen molar-refractivity contribution in [2.24, 2.45) is 5.10 Å². The Balaban J connectivity index is 2.21. The fourth-order valence-corrected chi connectivity index (χ4v) is 4.46. The molecule has 2 aliphatic heterocycles. The third-order valence-corrected chi connectivity index (χ3v) is 5.55. The summed E-state index contributed by atoms with van der Waals surface area (Å²) in [5, 5.41) is 8.17. The number of anilines is 1. The normalized spacial score (nSPS) is 22.0. The zero-order chi connectivity index (χ0) is 17.8. The molecule has 0 saturated carbocycles. The van der Waals surface area contributed by atoms with E-state index in [4.69, 9.17) is 0 Å². The van der Waals surface area contributed by atoms with Gasteiger partial charge in [0.2, 0.25) is 16.7 Å². The van der Waals surface area contributed by atoms with Gasteiger partial charge in [-0.25, -0.2) is 0 Å². The lowest BCUT2D eigenvalue weighted by atomic mass is 10.00. The number of thioether (sulfide) groups is 1. The number of carbonyl (C=O) groups is 3. The predicted molar refractivity (Wildman–Crippen MR) is 92.4 cm³/mol. The Hall–Kier alpha value is -2.35. The number of nitrogens with zero attached hydrogens (tertiary/aromatic N) is 3. The second-order valence-electron chi connectivity index (χ2n) is 5.93. The van der Waals surface area contributed by atoms with Gasteiger partial charge in [0.05, 0.1) is 5.69 Å². The molecule has 1 aromatic rings. The lowest BCUT2D eigenvalue weighted by molar-refractivity contribution is -0.139. The monoisotopic (exact) mass is 346 g/mol. The molecule has 0 unspecified atom stereocenters. The molecule has 0 bridgehead atoms. The molecular formula is C16H18N4O3S. The molecule has 0 aliphatic carbocycles. The highest BCUT2D eigenvalue weighted by Gasteiger charge is 2.60. The van der Waals surface area contributed by atoms with Crippen LogP contribution < -0.4 is 10.2 Å². The van der Waals surface area contributed by atoms with Gasteiger partial charge in [0.15, 0.2) is 5.17 Å². The highest BCUT2D eigenvalue weighted by Crippen LogP contribution is 2.55. The molecule has 0 aromatic heterocycles. The maximum absolute atomic E-state index is 13.1. The van der Waals surface area contributed by atoms with Crippen molar-refractivity contribution in [3.8, 4) is 0 Å². The number of amidine groups is 1. The Labute approximate surface area is 144 Å². The number of hydrogen-bond acceptors (Lipinski definition) is 5. The summed E-state index contributed by atoms with van der Waals surface area (Å²) >= 11 is 1.09. The van der Waals surface area contributed by atoms with Crippen LogP contribution >= 0.6 is 11.8 Å². The van der Waals surface area contributed by atoms with E-state index < -0.39 is 4.87 Å². The van der Waals surface area contributed by atoms with Gasteiger partial charge in [-0.2, -0.15) is 5.01 Å². The van der Waals surface area contributed by atoms with Gasteiger partial charge < -0.3 is 10.2 Å². The Bertz CT molecular complexity index is 820. The second kappa shape index (κ2) is 5.34. The summed E-state index contributed by atoms with van der Waals surface area (Å²) in [4.78, 5) is 36.9. The Morgan fingerprint density at radius 1 is 1.25 bits per heavy atom. The molecule has 126 valence electrons. The molecule has 7 nitrogen and oxygen atoms in total. The fourth-order valence-electron chi connectivity index (χ4n) is 3.11. The van der Waals surface area contributed by atoms with Crippen LogP contribution in [0.15, 0.2) is 17.2 Å². The summed E-state index contributed by atoms with van der Waals surface area (Å²) in [6, 6.07) is 3.78. The molecule has 0 radical (unpaired) electrons. The average molecular weight is 346 g/mol. The Morgan fingerprint density at radius 3 is 2.50 bits per heavy atom. The summed E-state index contributed by atoms with van der Waals surface area (Å²) in [5.41, 5.74) is 3.54. The van der Waals surface area contributed by atoms with Gasteiger partial charge in [0.1, 0.15) is 0 Å². The lowest BCUT2D eigenvalue weighted by Gasteiger charge is -2.29. The number of carbonyl (C=O) groups excluding carboxylic acids is 3. The van der Waals surface area contributed by atoms with Crippen molar-refractivity contribution in [2.75, 3.05) is 11.9 Å². The van der Waals surface area contributed by atoms with E-state index in [2.05, 4.69) is 10.4 Å². The zero-order valence-corrected chi connectivity index (χ0v) is 14.9. The van der Waals surface area contributed by atoms with Crippen molar-refractivity contribution in [3.63, 3.8) is 0 Å². The van der Waals surface area contributed by atoms with Gasteiger partial charge in [-0.15, -0.1) is 5.10 Å². The second-order valence-corrected chi connectivity index (χ2v) is 7.11. The lowest BCUT2D eigenvalue weighted by Crippen LogP contribution is -2.47. The first-order valence-corrected chi connectivity index (χ1v) is 8.26. The van der Waals surface area contributed by atoms with Crippen LogP contribution in [0, 0.1) is 13.8 Å². The van der Waals surface area contributed by atoms with Crippen molar-refractivity contribution in [1.82, 2.24) is 10.3 Å². The first-order chi connectivity index (χ1) is 11.2. The maximum Gasteiger partial charge on any atom is 0.270 e. The minimum Gasteiger partial charge on any atom is -0.312 e. The highest BCUT2D eigenvalue weighted by atomic mass is 32.2. The van der Waals surface area contributed by atoms with Gasteiger partial charge in [-0.1, -0.05) is 12.1 Å². The van der Waals surface area contributed by atoms with E-state index in [0.717, 1.165) is 28.6 Å². The molecule has 8 heteroatoms. The van der Waals surface area contributed by atoms with E-state index in [1.807, 2.05) is 26.0 Å². The van der Waals surface area contributed by atoms with Gasteiger partial charge in [0.25, 0.3) is 5.91 Å². The van der Waals surface area contributed by atoms with Crippen molar-refractivity contribution >= 4 is 40.3 Å². The number of likely N-dealkylation sites (N-methyl/N-ethyl adjacent to an activating group) is 1. The number of nitrogens with one attached hydrogen (secondary N) is 1. The van der Waals surface area contributed by atoms with Gasteiger partial charge in [-0.05, 0) is 36.7 Å². The van der Waals surface area contributed by atoms with Crippen molar-refractivity contribution < 1.29 is 14.4 Å². The molecule has 1 aromatic carbocycles. The number of hydrazone groups is 1. The Kier molecular flexibility index (Phi) is 3.67. The van der Waals surface area contributed by atoms with Crippen LogP contribution in [0.4, 0.5) is 5.69 Å². The third-order valence-electron chi connectivity index (χ3n) is 4.31. The molecule has 0 saturated heterocycles. The Morgan fingerprint density at radius 2 is 1.92 bits per heavy atom. The molecule has 24 heavy (non-hydrogen) atoms. The van der Waals surface area contributed by atoms with Crippen LogP contribution in [-0.2, 0) is 19.3 Å². The molecule has 3 rings (SSSR count). The maximum atomic E-state index is 13.1. The van der Waals surface area contributed by atoms with Crippen LogP contribution in [-0.4, -0.2) is 34.9 Å². The first kappa shape index (κ1) is 16.5. The van der Waals surface area contributed by atoms with E-state index in [-0.39, 0.29) is 22.9 Å². The molecule has 1 N–H and O–H groups in total. The van der Waals surface area contributed by atoms with E-state index in [1.165, 1.54) is 18.9 Å². The summed E-state index contributed by atoms with van der Waals surface area (Å²) < 4.78 is 0. The number of fused-ring (bicyclic) bond motifs is 2. The molecule has 1 spiro atoms. The predicted octanol–water partition coefficient (Wildman–Crippen LogP) is 1.44. The van der Waals surface area contributed by atoms with E-state index in [1.54, 1.807) is 11.9 Å². The van der Waals surface area contributed by atoms with E-state index >= 15 is 0 Å². The fraction of sp³-hybridized carbons (Fsp3) is 0.375. The van der Waals surface area contributed by atoms with Crippen molar-refractivity contribution in [3.05, 3.63) is 28.8 Å². The number of amides is 3. The largest absolute Gasteiger partial charge is 0.312 e. The smallest absolute Gasteiger partial charge is 0.270 e. The number of hydrogen-bond donors (Lipinski definition) is 1. The molecular weight excluding hydrogens is 328 g/mol. The van der Waals surface area contributed by atoms with E-state index in [0.29, 0.717) is 5.56 Å². The number of rotatable bonds is 0. The summed E-state index contributed by atoms with van der Waals surface area (Å²) in [7, 11) is 1.69. The van der Waals surface area contributed by atoms with Crippen molar-refractivity contribution in [1.29, 1.82) is 0 Å². The SMILES string of the molecule is CC(=O)NC1=NN(C(C)=O)[C@]2(S1)C(=O)N(C)c1c2ccc(C)c1C. The zero-order valence-electron chi connectivity index (χ0n) is 14.1. The third kappa shape index (κ3) is 2.06. The van der Waals surface area contributed by atoms with Crippen LogP contribution in [0.1, 0.15) is 30.5 Å². The topological polar surface area (TPSA) is 82.1 Å².